The highest BCUT2D eigenvalue weighted by molar-refractivity contribution is 6.37. The van der Waals surface area contributed by atoms with Crippen molar-refractivity contribution in [2.45, 2.75) is 32.7 Å². The Labute approximate surface area is 157 Å². The molecule has 1 fully saturated rings. The van der Waals surface area contributed by atoms with Gasteiger partial charge in [0.2, 0.25) is 5.82 Å². The van der Waals surface area contributed by atoms with E-state index in [-0.39, 0.29) is 17.8 Å². The second-order valence-corrected chi connectivity index (χ2v) is 6.92. The van der Waals surface area contributed by atoms with Crippen molar-refractivity contribution in [2.75, 3.05) is 19.6 Å². The highest BCUT2D eigenvalue weighted by atomic mass is 35.5. The van der Waals surface area contributed by atoms with Gasteiger partial charge >= 0.3 is 0 Å². The number of aryl methyl sites for hydroxylation is 1. The molecule has 6 nitrogen and oxygen atoms in total. The molecule has 0 saturated carbocycles. The monoisotopic (exact) mass is 381 g/mol. The van der Waals surface area contributed by atoms with Crippen molar-refractivity contribution >= 4 is 29.1 Å². The van der Waals surface area contributed by atoms with Crippen molar-refractivity contribution < 1.29 is 4.79 Å². The van der Waals surface area contributed by atoms with Gasteiger partial charge in [-0.25, -0.2) is 9.67 Å². The molecule has 0 spiro atoms. The highest BCUT2D eigenvalue weighted by Gasteiger charge is 2.29. The van der Waals surface area contributed by atoms with Gasteiger partial charge in [0.1, 0.15) is 11.5 Å². The van der Waals surface area contributed by atoms with Gasteiger partial charge in [-0.2, -0.15) is 0 Å². The first-order valence-corrected chi connectivity index (χ1v) is 9.18. The molecule has 0 bridgehead atoms. The first-order valence-electron chi connectivity index (χ1n) is 8.42. The molecule has 1 atom stereocenters. The molecule has 8 heteroatoms. The standard InChI is InChI=1S/C17H21Cl2N5O/c1-3-9-23(12-7-8-20-10-12)17(25)16-21-11(2)24(22-16)15-13(18)5-4-6-14(15)19/h4-6,12,20H,3,7-10H2,1-2H3. The van der Waals surface area contributed by atoms with Crippen molar-refractivity contribution in [3.8, 4) is 5.69 Å². The maximum absolute atomic E-state index is 13.0. The minimum Gasteiger partial charge on any atom is -0.332 e. The van der Waals surface area contributed by atoms with E-state index in [1.165, 1.54) is 4.68 Å². The molecular weight excluding hydrogens is 361 g/mol. The van der Waals surface area contributed by atoms with Crippen LogP contribution >= 0.6 is 23.2 Å². The summed E-state index contributed by atoms with van der Waals surface area (Å²) in [5.74, 6) is 0.591. The molecule has 134 valence electrons. The molecule has 2 heterocycles. The van der Waals surface area contributed by atoms with Crippen LogP contribution < -0.4 is 5.32 Å². The normalized spacial score (nSPS) is 17.0. The third-order valence-electron chi connectivity index (χ3n) is 4.31. The van der Waals surface area contributed by atoms with E-state index in [4.69, 9.17) is 23.2 Å². The Hall–Kier alpha value is -1.63. The van der Waals surface area contributed by atoms with Crippen molar-refractivity contribution in [3.05, 3.63) is 39.9 Å². The SMILES string of the molecule is CCCN(C(=O)c1nc(C)n(-c2c(Cl)cccc2Cl)n1)C1CCNC1. The lowest BCUT2D eigenvalue weighted by Gasteiger charge is -2.26. The molecule has 1 unspecified atom stereocenters. The first kappa shape index (κ1) is 18.2. The van der Waals surface area contributed by atoms with Crippen LogP contribution in [0.2, 0.25) is 10.0 Å². The van der Waals surface area contributed by atoms with E-state index in [2.05, 4.69) is 22.3 Å². The lowest BCUT2D eigenvalue weighted by atomic mass is 10.2. The van der Waals surface area contributed by atoms with E-state index in [9.17, 15) is 4.79 Å². The van der Waals surface area contributed by atoms with E-state index in [0.29, 0.717) is 28.1 Å². The fourth-order valence-electron chi connectivity index (χ4n) is 3.11. The number of nitrogens with one attached hydrogen (secondary N) is 1. The summed E-state index contributed by atoms with van der Waals surface area (Å²) in [7, 11) is 0. The van der Waals surface area contributed by atoms with E-state index in [1.807, 2.05) is 4.90 Å². The number of carbonyl (C=O) groups excluding carboxylic acids is 1. The molecule has 1 aromatic heterocycles. The quantitative estimate of drug-likeness (QED) is 0.863. The van der Waals surface area contributed by atoms with Crippen LogP contribution in [0.25, 0.3) is 5.69 Å². The number of hydrogen-bond acceptors (Lipinski definition) is 4. The lowest BCUT2D eigenvalue weighted by molar-refractivity contribution is 0.0679. The number of carbonyl (C=O) groups is 1. The van der Waals surface area contributed by atoms with Gasteiger partial charge < -0.3 is 10.2 Å². The average molecular weight is 382 g/mol. The number of aromatic nitrogens is 3. The van der Waals surface area contributed by atoms with E-state index in [0.717, 1.165) is 25.9 Å². The Balaban J connectivity index is 1.94. The topological polar surface area (TPSA) is 63.1 Å². The van der Waals surface area contributed by atoms with Crippen LogP contribution in [0.15, 0.2) is 18.2 Å². The Morgan fingerprint density at radius 2 is 2.12 bits per heavy atom. The van der Waals surface area contributed by atoms with E-state index < -0.39 is 0 Å². The molecule has 2 aromatic rings. The zero-order valence-electron chi connectivity index (χ0n) is 14.3. The number of rotatable bonds is 5. The molecule has 1 saturated heterocycles. The van der Waals surface area contributed by atoms with Gasteiger partial charge in [0, 0.05) is 19.1 Å². The van der Waals surface area contributed by atoms with Gasteiger partial charge in [-0.15, -0.1) is 5.10 Å². The van der Waals surface area contributed by atoms with Gasteiger partial charge in [-0.05, 0) is 38.4 Å². The fourth-order valence-corrected chi connectivity index (χ4v) is 3.67. The van der Waals surface area contributed by atoms with Crippen molar-refractivity contribution in [3.63, 3.8) is 0 Å². The summed E-state index contributed by atoms with van der Waals surface area (Å²) in [5, 5.41) is 8.63. The molecule has 1 N–H and O–H groups in total. The van der Waals surface area contributed by atoms with Crippen molar-refractivity contribution in [1.29, 1.82) is 0 Å². The summed E-state index contributed by atoms with van der Waals surface area (Å²) < 4.78 is 1.54. The number of nitrogens with zero attached hydrogens (tertiary/aromatic N) is 4. The third kappa shape index (κ3) is 3.66. The van der Waals surface area contributed by atoms with Crippen molar-refractivity contribution in [1.82, 2.24) is 25.0 Å². The number of hydrogen-bond donors (Lipinski definition) is 1. The molecule has 0 radical (unpaired) electrons. The zero-order chi connectivity index (χ0) is 18.0. The van der Waals surface area contributed by atoms with Gasteiger partial charge in [-0.3, -0.25) is 4.79 Å². The summed E-state index contributed by atoms with van der Waals surface area (Å²) in [4.78, 5) is 19.2. The van der Waals surface area contributed by atoms with Gasteiger partial charge in [0.15, 0.2) is 0 Å². The average Bonchev–Trinajstić information content (AvgIpc) is 3.22. The lowest BCUT2D eigenvalue weighted by Crippen LogP contribution is -2.42. The summed E-state index contributed by atoms with van der Waals surface area (Å²) >= 11 is 12.5. The molecule has 3 rings (SSSR count). The minimum atomic E-state index is -0.152. The van der Waals surface area contributed by atoms with Crippen LogP contribution in [0, 0.1) is 6.92 Å². The van der Waals surface area contributed by atoms with E-state index >= 15 is 0 Å². The highest BCUT2D eigenvalue weighted by Crippen LogP contribution is 2.28. The molecule has 1 aliphatic heterocycles. The number of para-hydroxylation sites is 1. The van der Waals surface area contributed by atoms with Gasteiger partial charge in [0.05, 0.1) is 10.0 Å². The zero-order valence-corrected chi connectivity index (χ0v) is 15.8. The Kier molecular flexibility index (Phi) is 5.61. The molecule has 1 aliphatic rings. The Morgan fingerprint density at radius 1 is 1.40 bits per heavy atom. The number of amides is 1. The van der Waals surface area contributed by atoms with Crippen LogP contribution in [0.1, 0.15) is 36.2 Å². The third-order valence-corrected chi connectivity index (χ3v) is 4.92. The maximum Gasteiger partial charge on any atom is 0.293 e. The molecule has 25 heavy (non-hydrogen) atoms. The predicted molar refractivity (Wildman–Crippen MR) is 98.7 cm³/mol. The van der Waals surface area contributed by atoms with Crippen LogP contribution in [0.4, 0.5) is 0 Å². The largest absolute Gasteiger partial charge is 0.332 e. The molecule has 1 amide bonds. The summed E-state index contributed by atoms with van der Waals surface area (Å²) in [6, 6.07) is 5.42. The molecule has 1 aromatic carbocycles. The molecular formula is C17H21Cl2N5O. The predicted octanol–water partition coefficient (Wildman–Crippen LogP) is 3.10. The second kappa shape index (κ2) is 7.72. The van der Waals surface area contributed by atoms with E-state index in [1.54, 1.807) is 25.1 Å². The summed E-state index contributed by atoms with van der Waals surface area (Å²) in [5.41, 5.74) is 0.541. The maximum atomic E-state index is 13.0. The van der Waals surface area contributed by atoms with Crippen LogP contribution in [0.5, 0.6) is 0 Å². The smallest absolute Gasteiger partial charge is 0.293 e. The van der Waals surface area contributed by atoms with Gasteiger partial charge in [0.25, 0.3) is 5.91 Å². The molecule has 0 aliphatic carbocycles. The summed E-state index contributed by atoms with van der Waals surface area (Å²) in [6.07, 6.45) is 1.83. The second-order valence-electron chi connectivity index (χ2n) is 6.11. The first-order chi connectivity index (χ1) is 12.0. The fraction of sp³-hybridized carbons (Fsp3) is 0.471. The number of halogens is 2. The summed E-state index contributed by atoms with van der Waals surface area (Å²) in [6.45, 7) is 6.26. The van der Waals surface area contributed by atoms with Gasteiger partial charge in [-0.1, -0.05) is 36.2 Å². The number of benzene rings is 1. The van der Waals surface area contributed by atoms with Crippen LogP contribution in [-0.4, -0.2) is 51.2 Å². The van der Waals surface area contributed by atoms with Crippen molar-refractivity contribution in [2.24, 2.45) is 0 Å². The van der Waals surface area contributed by atoms with Crippen LogP contribution in [0.3, 0.4) is 0 Å². The Morgan fingerprint density at radius 3 is 2.72 bits per heavy atom. The van der Waals surface area contributed by atoms with Crippen LogP contribution in [-0.2, 0) is 0 Å². The minimum absolute atomic E-state index is 0.152. The Bertz CT molecular complexity index is 750.